The van der Waals surface area contributed by atoms with Crippen LogP contribution in [-0.4, -0.2) is 24.7 Å². The Morgan fingerprint density at radius 2 is 1.30 bits per heavy atom. The maximum atomic E-state index is 14.8. The van der Waals surface area contributed by atoms with Crippen LogP contribution in [-0.2, 0) is 43.5 Å². The molecular weight excluding hydrogens is 744 g/mol. The number of halogens is 5. The Kier molecular flexibility index (Phi) is 9.77. The first kappa shape index (κ1) is 34.5. The first-order chi connectivity index (χ1) is 19.4. The number of nitrogens with zero attached hydrogens (tertiary/aromatic N) is 5. The van der Waals surface area contributed by atoms with Gasteiger partial charge in [0.25, 0.3) is 0 Å². The minimum absolute atomic E-state index is 0. The number of hydrogen-bond donors (Lipinski definition) is 0. The number of alkyl halides is 3. The molecule has 11 heteroatoms. The van der Waals surface area contributed by atoms with Gasteiger partial charge in [0.2, 0.25) is 0 Å². The molecule has 5 nitrogen and oxygen atoms in total. The first-order valence-electron chi connectivity index (χ1n) is 13.7. The van der Waals surface area contributed by atoms with Crippen molar-refractivity contribution in [2.75, 3.05) is 0 Å². The van der Waals surface area contributed by atoms with Crippen LogP contribution in [0.25, 0.3) is 17.1 Å². The Bertz CT molecular complexity index is 1610. The molecule has 0 bridgehead atoms. The fourth-order valence-corrected chi connectivity index (χ4v) is 4.34. The van der Waals surface area contributed by atoms with Crippen LogP contribution in [0.3, 0.4) is 0 Å². The molecule has 4 aromatic rings. The van der Waals surface area contributed by atoms with E-state index < -0.39 is 29.2 Å². The van der Waals surface area contributed by atoms with Crippen LogP contribution in [0.1, 0.15) is 96.4 Å². The fraction of sp³-hybridized carbons (Fsp3) is 0.438. The molecule has 0 radical (unpaired) electrons. The minimum atomic E-state index is -4.63. The standard InChI is InChI=1S/C32H34F5N5.Pt/c1-9-29(3,4)19-15-22(21-11-12-26(33)40-28(21)34)38-24(16-19)31(7,8)25-17-20(30(5,6)10-2)18-27(39-25)42-14-13-23(41-42)32(35,36)37;/h12-13,15-18H,9-10H2,1-8H3;/q-2;+2. The predicted octanol–water partition coefficient (Wildman–Crippen LogP) is 8.32. The number of pyridine rings is 3. The van der Waals surface area contributed by atoms with Crippen LogP contribution in [0.2, 0.25) is 0 Å². The summed E-state index contributed by atoms with van der Waals surface area (Å²) in [5.74, 6) is -1.84. The zero-order valence-electron chi connectivity index (χ0n) is 25.3. The molecule has 0 atom stereocenters. The number of rotatable bonds is 8. The van der Waals surface area contributed by atoms with Gasteiger partial charge in [-0.1, -0.05) is 71.5 Å². The van der Waals surface area contributed by atoms with E-state index in [1.54, 1.807) is 12.1 Å². The van der Waals surface area contributed by atoms with Gasteiger partial charge in [-0.15, -0.1) is 12.1 Å². The molecule has 0 aliphatic carbocycles. The molecule has 4 rings (SSSR count). The average Bonchev–Trinajstić information content (AvgIpc) is 3.44. The van der Waals surface area contributed by atoms with Gasteiger partial charge >= 0.3 is 27.2 Å². The molecule has 4 aromatic heterocycles. The Labute approximate surface area is 263 Å². The van der Waals surface area contributed by atoms with Gasteiger partial charge in [0.15, 0.2) is 0 Å². The van der Waals surface area contributed by atoms with Crippen molar-refractivity contribution in [2.45, 2.75) is 90.7 Å². The van der Waals surface area contributed by atoms with Crippen molar-refractivity contribution >= 4 is 0 Å². The molecule has 0 unspecified atom stereocenters. The minimum Gasteiger partial charge on any atom is -0.343 e. The summed E-state index contributed by atoms with van der Waals surface area (Å²) in [5, 5.41) is 3.70. The molecular formula is C32H34F5N5Pt. The van der Waals surface area contributed by atoms with Crippen molar-refractivity contribution < 1.29 is 43.0 Å². The fourth-order valence-electron chi connectivity index (χ4n) is 4.34. The molecule has 43 heavy (non-hydrogen) atoms. The molecule has 0 amide bonds. The molecule has 0 spiro atoms. The van der Waals surface area contributed by atoms with Gasteiger partial charge in [0.05, 0.1) is 11.5 Å². The van der Waals surface area contributed by atoms with Gasteiger partial charge in [0.1, 0.15) is 11.9 Å². The molecule has 0 saturated carbocycles. The van der Waals surface area contributed by atoms with E-state index in [-0.39, 0.29) is 49.0 Å². The molecule has 4 heterocycles. The number of aromatic nitrogens is 5. The summed E-state index contributed by atoms with van der Waals surface area (Å²) in [4.78, 5) is 12.9. The summed E-state index contributed by atoms with van der Waals surface area (Å²) in [6, 6.07) is 11.7. The van der Waals surface area contributed by atoms with Crippen molar-refractivity contribution in [3.8, 4) is 17.1 Å². The van der Waals surface area contributed by atoms with E-state index in [2.05, 4.69) is 36.2 Å². The third kappa shape index (κ3) is 7.05. The molecule has 0 aromatic carbocycles. The maximum absolute atomic E-state index is 14.8. The molecule has 0 aliphatic heterocycles. The van der Waals surface area contributed by atoms with E-state index in [0.717, 1.165) is 40.8 Å². The Balaban J connectivity index is 0.00000506. The smallest absolute Gasteiger partial charge is 0.343 e. The first-order valence-corrected chi connectivity index (χ1v) is 13.7. The quantitative estimate of drug-likeness (QED) is 0.103. The zero-order chi connectivity index (χ0) is 31.3. The second kappa shape index (κ2) is 12.2. The van der Waals surface area contributed by atoms with Gasteiger partial charge in [-0.3, -0.25) is 15.1 Å². The van der Waals surface area contributed by atoms with Gasteiger partial charge < -0.3 is 9.67 Å². The van der Waals surface area contributed by atoms with Gasteiger partial charge in [-0.25, -0.2) is 8.78 Å². The van der Waals surface area contributed by atoms with Crippen molar-refractivity contribution in [3.05, 3.63) is 88.8 Å². The van der Waals surface area contributed by atoms with Crippen molar-refractivity contribution in [1.29, 1.82) is 0 Å². The summed E-state index contributed by atoms with van der Waals surface area (Å²) >= 11 is 0. The Hall–Kier alpha value is -3.00. The zero-order valence-corrected chi connectivity index (χ0v) is 27.6. The van der Waals surface area contributed by atoms with Crippen LogP contribution in [0, 0.1) is 24.2 Å². The van der Waals surface area contributed by atoms with E-state index in [9.17, 15) is 22.0 Å². The molecule has 0 N–H and O–H groups in total. The van der Waals surface area contributed by atoms with E-state index in [1.807, 2.05) is 53.7 Å². The molecule has 232 valence electrons. The third-order valence-corrected chi connectivity index (χ3v) is 8.29. The van der Waals surface area contributed by atoms with E-state index in [1.165, 1.54) is 0 Å². The summed E-state index contributed by atoms with van der Waals surface area (Å²) < 4.78 is 69.4. The predicted molar refractivity (Wildman–Crippen MR) is 150 cm³/mol. The van der Waals surface area contributed by atoms with Gasteiger partial charge in [-0.2, -0.15) is 13.2 Å². The van der Waals surface area contributed by atoms with Crippen LogP contribution in [0.15, 0.2) is 36.4 Å². The Morgan fingerprint density at radius 1 is 0.744 bits per heavy atom. The topological polar surface area (TPSA) is 56.5 Å². The second-order valence-electron chi connectivity index (χ2n) is 12.3. The van der Waals surface area contributed by atoms with Crippen molar-refractivity contribution in [2.24, 2.45) is 0 Å². The van der Waals surface area contributed by atoms with Crippen LogP contribution >= 0.6 is 0 Å². The van der Waals surface area contributed by atoms with Crippen molar-refractivity contribution in [1.82, 2.24) is 24.7 Å². The van der Waals surface area contributed by atoms with E-state index in [4.69, 9.17) is 9.97 Å². The molecule has 0 aliphatic rings. The van der Waals surface area contributed by atoms with E-state index >= 15 is 0 Å². The van der Waals surface area contributed by atoms with E-state index in [0.29, 0.717) is 11.4 Å². The summed E-state index contributed by atoms with van der Waals surface area (Å²) in [6.45, 7) is 16.0. The normalized spacial score (nSPS) is 12.8. The van der Waals surface area contributed by atoms with Crippen molar-refractivity contribution in [3.63, 3.8) is 0 Å². The van der Waals surface area contributed by atoms with Gasteiger partial charge in [-0.05, 0) is 66.5 Å². The van der Waals surface area contributed by atoms with Crippen LogP contribution in [0.4, 0.5) is 22.0 Å². The van der Waals surface area contributed by atoms with Gasteiger partial charge in [0, 0.05) is 16.8 Å². The molecule has 0 fully saturated rings. The SMILES string of the molecule is CCC(C)(C)c1cc(-c2[c-]cc(F)nc2F)nc(C(C)(C)c2cc(C(C)(C)CC)cc(-n3[c-]cc(C(F)(F)F)n3)n2)c1.[Pt+2]. The second-order valence-corrected chi connectivity index (χ2v) is 12.3. The number of hydrogen-bond acceptors (Lipinski definition) is 4. The largest absolute Gasteiger partial charge is 2.00 e. The average molecular weight is 779 g/mol. The summed E-state index contributed by atoms with van der Waals surface area (Å²) in [7, 11) is 0. The molecule has 0 saturated heterocycles. The maximum Gasteiger partial charge on any atom is 2.00 e. The summed E-state index contributed by atoms with van der Waals surface area (Å²) in [6.07, 6.45) is -0.561. The summed E-state index contributed by atoms with van der Waals surface area (Å²) in [5.41, 5.74) is 0.313. The third-order valence-electron chi connectivity index (χ3n) is 8.29. The Morgan fingerprint density at radius 3 is 1.81 bits per heavy atom. The monoisotopic (exact) mass is 778 g/mol. The van der Waals surface area contributed by atoms with Crippen LogP contribution in [0.5, 0.6) is 0 Å². The van der Waals surface area contributed by atoms with Crippen LogP contribution < -0.4 is 0 Å².